The molecule has 0 unspecified atom stereocenters. The van der Waals surface area contributed by atoms with Gasteiger partial charge in [-0.15, -0.1) is 22.7 Å². The summed E-state index contributed by atoms with van der Waals surface area (Å²) in [5.41, 5.74) is 6.10. The highest BCUT2D eigenvalue weighted by Gasteiger charge is 2.46. The summed E-state index contributed by atoms with van der Waals surface area (Å²) < 4.78 is 6.45. The molecule has 0 saturated heterocycles. The van der Waals surface area contributed by atoms with Gasteiger partial charge in [-0.25, -0.2) is 0 Å². The molecule has 3 aromatic rings. The number of benzene rings is 1. The zero-order chi connectivity index (χ0) is 22.7. The van der Waals surface area contributed by atoms with E-state index in [9.17, 15) is 0 Å². The highest BCUT2D eigenvalue weighted by atomic mass is 32.1. The monoisotopic (exact) mass is 466 g/mol. The number of rotatable bonds is 5. The van der Waals surface area contributed by atoms with Crippen LogP contribution in [0.15, 0.2) is 36.9 Å². The molecule has 0 N–H and O–H groups in total. The molecule has 2 heterocycles. The summed E-state index contributed by atoms with van der Waals surface area (Å²) in [6, 6.07) is 9.55. The first kappa shape index (κ1) is 22.6. The first-order chi connectivity index (χ1) is 14.4. The maximum Gasteiger partial charge on any atom is 0.122 e. The summed E-state index contributed by atoms with van der Waals surface area (Å²) in [6.07, 6.45) is 1.86. The van der Waals surface area contributed by atoms with Crippen LogP contribution in [0.25, 0.3) is 11.1 Å². The second kappa shape index (κ2) is 7.75. The molecular weight excluding hydrogens is 433 g/mol. The molecule has 1 nitrogen and oxygen atoms in total. The highest BCUT2D eigenvalue weighted by Crippen LogP contribution is 2.55. The van der Waals surface area contributed by atoms with Crippen LogP contribution < -0.4 is 9.92 Å². The van der Waals surface area contributed by atoms with Gasteiger partial charge >= 0.3 is 0 Å². The van der Waals surface area contributed by atoms with Crippen LogP contribution in [0, 0.1) is 20.8 Å². The first-order valence-corrected chi connectivity index (χ1v) is 15.8. The fourth-order valence-electron chi connectivity index (χ4n) is 4.95. The van der Waals surface area contributed by atoms with Crippen LogP contribution in [0.5, 0.6) is 5.75 Å². The molecule has 0 fully saturated rings. The van der Waals surface area contributed by atoms with Crippen molar-refractivity contribution in [3.8, 4) is 16.9 Å². The Morgan fingerprint density at radius 1 is 0.968 bits per heavy atom. The van der Waals surface area contributed by atoms with E-state index < -0.39 is 8.07 Å². The Labute approximate surface area is 196 Å². The minimum Gasteiger partial charge on any atom is -0.489 e. The minimum atomic E-state index is -2.00. The molecule has 0 bridgehead atoms. The molecule has 31 heavy (non-hydrogen) atoms. The molecule has 2 aromatic heterocycles. The number of hydrogen-bond donors (Lipinski definition) is 0. The topological polar surface area (TPSA) is 9.23 Å². The quantitative estimate of drug-likeness (QED) is 0.275. The van der Waals surface area contributed by atoms with Crippen LogP contribution in [-0.4, -0.2) is 14.7 Å². The van der Waals surface area contributed by atoms with Crippen molar-refractivity contribution in [2.24, 2.45) is 0 Å². The number of fused-ring (bicyclic) bond motifs is 3. The van der Waals surface area contributed by atoms with E-state index in [0.29, 0.717) is 12.1 Å². The Balaban J connectivity index is 1.97. The normalized spacial score (nSPS) is 13.9. The predicted molar refractivity (Wildman–Crippen MR) is 142 cm³/mol. The van der Waals surface area contributed by atoms with Crippen molar-refractivity contribution in [2.45, 2.75) is 65.6 Å². The Morgan fingerprint density at radius 3 is 2.00 bits per heavy atom. The lowest BCUT2D eigenvalue weighted by Crippen LogP contribution is -2.48. The van der Waals surface area contributed by atoms with Crippen molar-refractivity contribution in [1.29, 1.82) is 0 Å². The van der Waals surface area contributed by atoms with Gasteiger partial charge in [0.1, 0.15) is 12.4 Å². The molecule has 1 aliphatic rings. The largest absolute Gasteiger partial charge is 0.489 e. The Bertz CT molecular complexity index is 1110. The van der Waals surface area contributed by atoms with Crippen LogP contribution in [0.2, 0.25) is 13.1 Å². The molecule has 1 aliphatic carbocycles. The standard InChI is InChI=1S/C27H34OS2Si/c1-10-11-28-23-21(27(5,6)7)12-16(2)13-22(23)31(8,9)26-24-19(14-17(3)29-24)20-15-18(4)30-25(20)26/h10,12-15,26H,1,11H2,2-9H3. The van der Waals surface area contributed by atoms with E-state index >= 15 is 0 Å². The zero-order valence-corrected chi connectivity index (χ0v) is 22.7. The minimum absolute atomic E-state index is 0.0206. The summed E-state index contributed by atoms with van der Waals surface area (Å²) in [5, 5.41) is 1.44. The Kier molecular flexibility index (Phi) is 5.64. The molecule has 0 saturated carbocycles. The SMILES string of the molecule is C=CCOc1c(C(C)(C)C)cc(C)cc1[Si](C)(C)C1c2sc(C)cc2-c2cc(C)sc21. The van der Waals surface area contributed by atoms with Gasteiger partial charge in [0.25, 0.3) is 0 Å². The molecule has 4 rings (SSSR count). The van der Waals surface area contributed by atoms with Gasteiger partial charge in [0, 0.05) is 25.0 Å². The average molecular weight is 467 g/mol. The zero-order valence-electron chi connectivity index (χ0n) is 20.1. The number of ether oxygens (including phenoxy) is 1. The maximum atomic E-state index is 6.45. The van der Waals surface area contributed by atoms with Gasteiger partial charge in [-0.1, -0.05) is 64.2 Å². The van der Waals surface area contributed by atoms with E-state index in [1.807, 2.05) is 28.7 Å². The molecule has 0 spiro atoms. The number of thiophene rings is 2. The Hall–Kier alpha value is -1.62. The maximum absolute atomic E-state index is 6.45. The van der Waals surface area contributed by atoms with E-state index in [4.69, 9.17) is 4.74 Å². The van der Waals surface area contributed by atoms with E-state index in [1.54, 1.807) is 9.75 Å². The summed E-state index contributed by atoms with van der Waals surface area (Å²) in [7, 11) is -2.00. The van der Waals surface area contributed by atoms with Gasteiger partial charge < -0.3 is 4.74 Å². The van der Waals surface area contributed by atoms with Gasteiger partial charge in [0.05, 0.1) is 8.07 Å². The van der Waals surface area contributed by atoms with Crippen LogP contribution in [0.3, 0.4) is 0 Å². The van der Waals surface area contributed by atoms with Gasteiger partial charge in [0.2, 0.25) is 0 Å². The third kappa shape index (κ3) is 3.77. The predicted octanol–water partition coefficient (Wildman–Crippen LogP) is 7.86. The highest BCUT2D eigenvalue weighted by molar-refractivity contribution is 7.17. The smallest absolute Gasteiger partial charge is 0.122 e. The van der Waals surface area contributed by atoms with Gasteiger partial charge in [-0.2, -0.15) is 0 Å². The molecule has 0 atom stereocenters. The molecule has 0 amide bonds. The van der Waals surface area contributed by atoms with Gasteiger partial charge in [0.15, 0.2) is 0 Å². The second-order valence-electron chi connectivity index (χ2n) is 10.5. The molecular formula is C27H34OS2Si. The summed E-state index contributed by atoms with van der Waals surface area (Å²) in [5.74, 6) is 1.10. The fourth-order valence-corrected chi connectivity index (χ4v) is 12.5. The molecule has 164 valence electrons. The summed E-state index contributed by atoms with van der Waals surface area (Å²) in [6.45, 7) is 23.1. The van der Waals surface area contributed by atoms with E-state index in [0.717, 1.165) is 5.75 Å². The fraction of sp³-hybridized carbons (Fsp3) is 0.407. The van der Waals surface area contributed by atoms with Crippen LogP contribution in [0.4, 0.5) is 0 Å². The molecule has 0 aliphatic heterocycles. The molecule has 1 aromatic carbocycles. The van der Waals surface area contributed by atoms with Crippen LogP contribution in [0.1, 0.15) is 56.9 Å². The third-order valence-electron chi connectivity index (χ3n) is 6.39. The van der Waals surface area contributed by atoms with Crippen molar-refractivity contribution >= 4 is 35.9 Å². The third-order valence-corrected chi connectivity index (χ3v) is 12.8. The Morgan fingerprint density at radius 2 is 1.52 bits per heavy atom. The molecule has 4 heteroatoms. The number of hydrogen-bond acceptors (Lipinski definition) is 3. The van der Waals surface area contributed by atoms with Gasteiger partial charge in [-0.3, -0.25) is 0 Å². The van der Waals surface area contributed by atoms with Crippen molar-refractivity contribution in [2.75, 3.05) is 6.61 Å². The number of aryl methyl sites for hydroxylation is 3. The van der Waals surface area contributed by atoms with Crippen LogP contribution >= 0.6 is 22.7 Å². The van der Waals surface area contributed by atoms with Crippen molar-refractivity contribution in [3.05, 3.63) is 67.6 Å². The van der Waals surface area contributed by atoms with Crippen molar-refractivity contribution < 1.29 is 4.74 Å². The van der Waals surface area contributed by atoms with E-state index in [2.05, 4.69) is 85.5 Å². The lowest BCUT2D eigenvalue weighted by atomic mass is 9.85. The van der Waals surface area contributed by atoms with Crippen LogP contribution in [-0.2, 0) is 5.41 Å². The van der Waals surface area contributed by atoms with E-state index in [1.165, 1.54) is 37.2 Å². The summed E-state index contributed by atoms with van der Waals surface area (Å²) >= 11 is 3.99. The molecule has 0 radical (unpaired) electrons. The van der Waals surface area contributed by atoms with Crippen molar-refractivity contribution in [1.82, 2.24) is 0 Å². The lowest BCUT2D eigenvalue weighted by molar-refractivity contribution is 0.353. The average Bonchev–Trinajstić information content (AvgIpc) is 3.28. The lowest BCUT2D eigenvalue weighted by Gasteiger charge is -2.35. The summed E-state index contributed by atoms with van der Waals surface area (Å²) in [4.78, 5) is 5.97. The first-order valence-electron chi connectivity index (χ1n) is 11.1. The van der Waals surface area contributed by atoms with Crippen molar-refractivity contribution in [3.63, 3.8) is 0 Å². The van der Waals surface area contributed by atoms with Gasteiger partial charge in [-0.05, 0) is 60.2 Å². The van der Waals surface area contributed by atoms with E-state index in [-0.39, 0.29) is 5.41 Å². The second-order valence-corrected chi connectivity index (χ2v) is 17.6.